The number of nitrogens with zero attached hydrogens (tertiary/aromatic N) is 3. The molecule has 0 bridgehead atoms. The van der Waals surface area contributed by atoms with Gasteiger partial charge in [0, 0.05) is 5.56 Å². The molecule has 98 valence electrons. The Hall–Kier alpha value is -2.52. The van der Waals surface area contributed by atoms with Gasteiger partial charge in [-0.25, -0.2) is 4.39 Å². The monoisotopic (exact) mass is 285 g/mol. The lowest BCUT2D eigenvalue weighted by atomic mass is 10.1. The van der Waals surface area contributed by atoms with Crippen LogP contribution in [0.5, 0.6) is 0 Å². The van der Waals surface area contributed by atoms with Crippen molar-refractivity contribution in [3.63, 3.8) is 0 Å². The SMILES string of the molecule is Cc1ccc(F)cc1-c1noc(-c2ccc(C#N)s2)n1. The second-order valence-corrected chi connectivity index (χ2v) is 5.24. The van der Waals surface area contributed by atoms with Gasteiger partial charge in [-0.1, -0.05) is 11.2 Å². The number of nitriles is 1. The van der Waals surface area contributed by atoms with Crippen LogP contribution >= 0.6 is 11.3 Å². The van der Waals surface area contributed by atoms with Crippen molar-refractivity contribution in [2.24, 2.45) is 0 Å². The lowest BCUT2D eigenvalue weighted by Crippen LogP contribution is -1.87. The molecule has 3 aromatic rings. The minimum Gasteiger partial charge on any atom is -0.333 e. The van der Waals surface area contributed by atoms with Gasteiger partial charge in [0.1, 0.15) is 16.8 Å². The number of benzene rings is 1. The third-order valence-corrected chi connectivity index (χ3v) is 3.77. The molecule has 0 aliphatic rings. The average molecular weight is 285 g/mol. The fourth-order valence-electron chi connectivity index (χ4n) is 1.78. The van der Waals surface area contributed by atoms with Gasteiger partial charge in [0.05, 0.1) is 4.88 Å². The van der Waals surface area contributed by atoms with Gasteiger partial charge in [0.2, 0.25) is 5.82 Å². The highest BCUT2D eigenvalue weighted by Gasteiger charge is 2.14. The molecule has 0 aliphatic carbocycles. The lowest BCUT2D eigenvalue weighted by Gasteiger charge is -1.99. The van der Waals surface area contributed by atoms with E-state index < -0.39 is 0 Å². The highest BCUT2D eigenvalue weighted by molar-refractivity contribution is 7.15. The molecule has 0 spiro atoms. The molecule has 0 fully saturated rings. The van der Waals surface area contributed by atoms with Crippen LogP contribution < -0.4 is 0 Å². The van der Waals surface area contributed by atoms with Crippen molar-refractivity contribution in [3.8, 4) is 28.2 Å². The molecule has 0 unspecified atom stereocenters. The zero-order valence-corrected chi connectivity index (χ0v) is 11.2. The summed E-state index contributed by atoms with van der Waals surface area (Å²) in [5.74, 6) is 0.318. The second-order valence-electron chi connectivity index (χ2n) is 4.16. The number of hydrogen-bond acceptors (Lipinski definition) is 5. The maximum atomic E-state index is 13.3. The molecular formula is C14H8FN3OS. The number of aryl methyl sites for hydroxylation is 1. The van der Waals surface area contributed by atoms with Gasteiger partial charge in [-0.15, -0.1) is 11.3 Å². The van der Waals surface area contributed by atoms with E-state index in [9.17, 15) is 4.39 Å². The number of aromatic nitrogens is 2. The summed E-state index contributed by atoms with van der Waals surface area (Å²) in [6, 6.07) is 9.92. The summed E-state index contributed by atoms with van der Waals surface area (Å²) in [6.07, 6.45) is 0. The van der Waals surface area contributed by atoms with Crippen LogP contribution in [0, 0.1) is 24.1 Å². The molecule has 3 rings (SSSR count). The van der Waals surface area contributed by atoms with Crippen molar-refractivity contribution < 1.29 is 8.91 Å². The molecule has 0 aliphatic heterocycles. The van der Waals surface area contributed by atoms with Gasteiger partial charge in [0.25, 0.3) is 5.89 Å². The lowest BCUT2D eigenvalue weighted by molar-refractivity contribution is 0.433. The Morgan fingerprint density at radius 2 is 2.15 bits per heavy atom. The number of thiophene rings is 1. The third-order valence-electron chi connectivity index (χ3n) is 2.79. The first-order chi connectivity index (χ1) is 9.67. The smallest absolute Gasteiger partial charge is 0.268 e. The zero-order valence-electron chi connectivity index (χ0n) is 10.4. The predicted molar refractivity (Wildman–Crippen MR) is 72.5 cm³/mol. The van der Waals surface area contributed by atoms with Crippen molar-refractivity contribution in [1.29, 1.82) is 5.26 Å². The largest absolute Gasteiger partial charge is 0.333 e. The topological polar surface area (TPSA) is 62.7 Å². The zero-order chi connectivity index (χ0) is 14.1. The van der Waals surface area contributed by atoms with Crippen molar-refractivity contribution >= 4 is 11.3 Å². The minimum absolute atomic E-state index is 0.329. The fourth-order valence-corrected chi connectivity index (χ4v) is 2.51. The molecule has 6 heteroatoms. The Morgan fingerprint density at radius 1 is 1.30 bits per heavy atom. The van der Waals surface area contributed by atoms with Crippen LogP contribution in [0.25, 0.3) is 22.2 Å². The first kappa shape index (κ1) is 12.5. The van der Waals surface area contributed by atoms with Crippen molar-refractivity contribution in [3.05, 3.63) is 46.6 Å². The summed E-state index contributed by atoms with van der Waals surface area (Å²) in [5.41, 5.74) is 1.46. The first-order valence-corrected chi connectivity index (χ1v) is 6.59. The summed E-state index contributed by atoms with van der Waals surface area (Å²) in [7, 11) is 0. The highest BCUT2D eigenvalue weighted by Crippen LogP contribution is 2.29. The van der Waals surface area contributed by atoms with E-state index in [1.54, 1.807) is 18.2 Å². The van der Waals surface area contributed by atoms with E-state index >= 15 is 0 Å². The molecular weight excluding hydrogens is 277 g/mol. The van der Waals surface area contributed by atoms with Crippen LogP contribution in [0.15, 0.2) is 34.9 Å². The van der Waals surface area contributed by atoms with Gasteiger partial charge >= 0.3 is 0 Å². The molecule has 1 aromatic carbocycles. The van der Waals surface area contributed by atoms with Gasteiger partial charge in [-0.2, -0.15) is 10.2 Å². The van der Waals surface area contributed by atoms with E-state index in [0.29, 0.717) is 27.0 Å². The van der Waals surface area contributed by atoms with Crippen LogP contribution in [-0.4, -0.2) is 10.1 Å². The summed E-state index contributed by atoms with van der Waals surface area (Å²) >= 11 is 1.27. The van der Waals surface area contributed by atoms with E-state index in [1.165, 1.54) is 23.5 Å². The van der Waals surface area contributed by atoms with Crippen molar-refractivity contribution in [1.82, 2.24) is 10.1 Å². The van der Waals surface area contributed by atoms with Gasteiger partial charge < -0.3 is 4.52 Å². The van der Waals surface area contributed by atoms with Crippen LogP contribution in [0.2, 0.25) is 0 Å². The molecule has 0 saturated carbocycles. The molecule has 2 heterocycles. The van der Waals surface area contributed by atoms with E-state index in [1.807, 2.05) is 6.92 Å². The molecule has 0 amide bonds. The van der Waals surface area contributed by atoms with Gasteiger partial charge in [-0.3, -0.25) is 0 Å². The van der Waals surface area contributed by atoms with E-state index in [0.717, 1.165) is 5.56 Å². The van der Waals surface area contributed by atoms with E-state index in [-0.39, 0.29) is 5.82 Å². The van der Waals surface area contributed by atoms with Crippen molar-refractivity contribution in [2.75, 3.05) is 0 Å². The normalized spacial score (nSPS) is 10.4. The van der Waals surface area contributed by atoms with E-state index in [2.05, 4.69) is 16.2 Å². The quantitative estimate of drug-likeness (QED) is 0.718. The Labute approximate surface area is 118 Å². The van der Waals surface area contributed by atoms with Crippen molar-refractivity contribution in [2.45, 2.75) is 6.92 Å². The molecule has 20 heavy (non-hydrogen) atoms. The first-order valence-electron chi connectivity index (χ1n) is 5.78. The maximum absolute atomic E-state index is 13.3. The standard InChI is InChI=1S/C14H8FN3OS/c1-8-2-3-9(15)6-11(8)13-17-14(19-18-13)12-5-4-10(7-16)20-12/h2-6H,1H3. The van der Waals surface area contributed by atoms with Crippen LogP contribution in [0.1, 0.15) is 10.4 Å². The Morgan fingerprint density at radius 3 is 2.90 bits per heavy atom. The Balaban J connectivity index is 2.02. The molecule has 2 aromatic heterocycles. The van der Waals surface area contributed by atoms with Gasteiger partial charge in [0.15, 0.2) is 0 Å². The fraction of sp³-hybridized carbons (Fsp3) is 0.0714. The Kier molecular flexibility index (Phi) is 3.05. The minimum atomic E-state index is -0.347. The average Bonchev–Trinajstić information content (AvgIpc) is 3.09. The highest BCUT2D eigenvalue weighted by atomic mass is 32.1. The molecule has 0 N–H and O–H groups in total. The second kappa shape index (κ2) is 4.87. The van der Waals surface area contributed by atoms with Gasteiger partial charge in [-0.05, 0) is 36.8 Å². The molecule has 0 saturated heterocycles. The van der Waals surface area contributed by atoms with Crippen LogP contribution in [-0.2, 0) is 0 Å². The summed E-state index contributed by atoms with van der Waals surface area (Å²) in [6.45, 7) is 1.85. The predicted octanol–water partition coefficient (Wildman–Crippen LogP) is 3.78. The Bertz CT molecular complexity index is 816. The molecule has 4 nitrogen and oxygen atoms in total. The molecule has 0 radical (unpaired) electrons. The number of halogens is 1. The summed E-state index contributed by atoms with van der Waals surface area (Å²) < 4.78 is 18.5. The van der Waals surface area contributed by atoms with E-state index in [4.69, 9.17) is 9.78 Å². The number of rotatable bonds is 2. The third kappa shape index (κ3) is 2.19. The molecule has 0 atom stereocenters. The summed E-state index contributed by atoms with van der Waals surface area (Å²) in [5, 5.41) is 12.7. The summed E-state index contributed by atoms with van der Waals surface area (Å²) in [4.78, 5) is 5.54. The number of hydrogen-bond donors (Lipinski definition) is 0. The van der Waals surface area contributed by atoms with Crippen LogP contribution in [0.3, 0.4) is 0 Å². The van der Waals surface area contributed by atoms with Crippen LogP contribution in [0.4, 0.5) is 4.39 Å². The maximum Gasteiger partial charge on any atom is 0.268 e.